The molecule has 10 heteroatoms. The largest absolute Gasteiger partial charge is 0.463 e. The number of rotatable bonds is 22. The third-order valence-corrected chi connectivity index (χ3v) is 5.10. The van der Waals surface area contributed by atoms with Gasteiger partial charge in [0, 0.05) is 27.8 Å². The normalized spacial score (nSPS) is 21.4. The highest BCUT2D eigenvalue weighted by Gasteiger charge is 2.44. The van der Waals surface area contributed by atoms with Crippen molar-refractivity contribution in [3.05, 3.63) is 0 Å². The number of methoxy groups -OCH3 is 3. The van der Waals surface area contributed by atoms with E-state index in [1.54, 1.807) is 21.3 Å². The lowest BCUT2D eigenvalue weighted by Gasteiger charge is -2.29. The monoisotopic (exact) mass is 480 g/mol. The van der Waals surface area contributed by atoms with Crippen LogP contribution in [0, 0.1) is 0 Å². The van der Waals surface area contributed by atoms with Crippen LogP contribution >= 0.6 is 0 Å². The van der Waals surface area contributed by atoms with Gasteiger partial charge in [-0.1, -0.05) is 19.8 Å². The van der Waals surface area contributed by atoms with Crippen molar-refractivity contribution in [1.29, 1.82) is 0 Å². The molecule has 0 aliphatic carbocycles. The van der Waals surface area contributed by atoms with Crippen molar-refractivity contribution in [3.63, 3.8) is 0 Å². The van der Waals surface area contributed by atoms with Crippen molar-refractivity contribution in [3.8, 4) is 0 Å². The van der Waals surface area contributed by atoms with Gasteiger partial charge in [-0.3, -0.25) is 4.79 Å². The van der Waals surface area contributed by atoms with Crippen molar-refractivity contribution < 1.29 is 47.4 Å². The van der Waals surface area contributed by atoms with Crippen LogP contribution in [0.2, 0.25) is 0 Å². The average Bonchev–Trinajstić information content (AvgIpc) is 3.21. The summed E-state index contributed by atoms with van der Waals surface area (Å²) in [7, 11) is 4.87. The molecular weight excluding hydrogens is 436 g/mol. The molecule has 0 N–H and O–H groups in total. The fourth-order valence-corrected chi connectivity index (χ4v) is 3.35. The molecule has 1 heterocycles. The first kappa shape index (κ1) is 30.2. The zero-order valence-corrected chi connectivity index (χ0v) is 20.8. The van der Waals surface area contributed by atoms with E-state index in [0.717, 1.165) is 19.3 Å². The second kappa shape index (κ2) is 20.5. The van der Waals surface area contributed by atoms with Crippen molar-refractivity contribution in [2.45, 2.75) is 57.0 Å². The first-order chi connectivity index (χ1) is 16.2. The van der Waals surface area contributed by atoms with Crippen LogP contribution in [0.3, 0.4) is 0 Å². The summed E-state index contributed by atoms with van der Waals surface area (Å²) in [4.78, 5) is 11.7. The average molecular weight is 481 g/mol. The Hall–Kier alpha value is -0.850. The van der Waals surface area contributed by atoms with Crippen LogP contribution in [0.1, 0.15) is 32.6 Å². The van der Waals surface area contributed by atoms with Gasteiger partial charge in [-0.25, -0.2) is 0 Å². The number of esters is 1. The summed E-state index contributed by atoms with van der Waals surface area (Å²) >= 11 is 0. The van der Waals surface area contributed by atoms with Crippen molar-refractivity contribution >= 4 is 5.97 Å². The van der Waals surface area contributed by atoms with Crippen LogP contribution < -0.4 is 0 Å². The fraction of sp³-hybridized carbons (Fsp3) is 0.957. The number of ether oxygens (including phenoxy) is 9. The number of carbonyl (C=O) groups excluding carboxylic acids is 1. The lowest BCUT2D eigenvalue weighted by Crippen LogP contribution is -2.45. The molecule has 0 saturated carbocycles. The van der Waals surface area contributed by atoms with Crippen molar-refractivity contribution in [2.75, 3.05) is 87.4 Å². The first-order valence-electron chi connectivity index (χ1n) is 11.8. The summed E-state index contributed by atoms with van der Waals surface area (Å²) in [5.41, 5.74) is 0. The Kier molecular flexibility index (Phi) is 18.8. The molecule has 0 radical (unpaired) electrons. The molecule has 1 aliphatic heterocycles. The van der Waals surface area contributed by atoms with Gasteiger partial charge in [-0.2, -0.15) is 0 Å². The van der Waals surface area contributed by atoms with Gasteiger partial charge < -0.3 is 42.6 Å². The molecule has 0 bridgehead atoms. The SMILES string of the molecule is CCCCCC(=O)OCCOCC(OCCOC)C1OCC(OCCOC)C1OCCOC. The van der Waals surface area contributed by atoms with E-state index in [9.17, 15) is 4.79 Å². The van der Waals surface area contributed by atoms with Gasteiger partial charge in [0.2, 0.25) is 0 Å². The highest BCUT2D eigenvalue weighted by molar-refractivity contribution is 5.69. The van der Waals surface area contributed by atoms with Crippen LogP contribution in [0.25, 0.3) is 0 Å². The molecule has 0 aromatic rings. The molecule has 0 aromatic carbocycles. The van der Waals surface area contributed by atoms with Gasteiger partial charge in [-0.05, 0) is 6.42 Å². The molecule has 196 valence electrons. The topological polar surface area (TPSA) is 100 Å². The van der Waals surface area contributed by atoms with Crippen LogP contribution in [-0.2, 0) is 47.4 Å². The first-order valence-corrected chi connectivity index (χ1v) is 11.8. The van der Waals surface area contributed by atoms with E-state index in [-0.39, 0.29) is 44.1 Å². The second-order valence-electron chi connectivity index (χ2n) is 7.68. The van der Waals surface area contributed by atoms with Gasteiger partial charge in [0.1, 0.15) is 31.0 Å². The lowest BCUT2D eigenvalue weighted by atomic mass is 10.1. The third-order valence-electron chi connectivity index (χ3n) is 5.10. The molecule has 4 atom stereocenters. The molecule has 33 heavy (non-hydrogen) atoms. The number of hydrogen-bond donors (Lipinski definition) is 0. The number of unbranched alkanes of at least 4 members (excludes halogenated alkanes) is 2. The molecule has 0 aromatic heterocycles. The van der Waals surface area contributed by atoms with Gasteiger partial charge in [0.05, 0.1) is 59.5 Å². The summed E-state index contributed by atoms with van der Waals surface area (Å²) < 4.78 is 50.2. The minimum Gasteiger partial charge on any atom is -0.463 e. The molecule has 10 nitrogen and oxygen atoms in total. The van der Waals surface area contributed by atoms with E-state index >= 15 is 0 Å². The van der Waals surface area contributed by atoms with Crippen molar-refractivity contribution in [1.82, 2.24) is 0 Å². The predicted octanol–water partition coefficient (Wildman–Crippen LogP) is 1.62. The molecular formula is C23H44O10. The quantitative estimate of drug-likeness (QED) is 0.168. The second-order valence-corrected chi connectivity index (χ2v) is 7.68. The molecule has 1 rings (SSSR count). The predicted molar refractivity (Wildman–Crippen MR) is 121 cm³/mol. The third kappa shape index (κ3) is 13.6. The summed E-state index contributed by atoms with van der Waals surface area (Å²) in [6.07, 6.45) is 2.01. The standard InChI is InChI=1S/C23H44O10/c1-5-6-7-8-21(24)31-16-12-28-17-19(29-13-9-25-2)23-22(32-15-11-27-4)20(18-33-23)30-14-10-26-3/h19-20,22-23H,5-18H2,1-4H3. The van der Waals surface area contributed by atoms with Gasteiger partial charge in [0.25, 0.3) is 0 Å². The van der Waals surface area contributed by atoms with Gasteiger partial charge >= 0.3 is 5.97 Å². The fourth-order valence-electron chi connectivity index (χ4n) is 3.35. The lowest BCUT2D eigenvalue weighted by molar-refractivity contribution is -0.149. The van der Waals surface area contributed by atoms with Crippen LogP contribution in [-0.4, -0.2) is 118 Å². The molecule has 1 saturated heterocycles. The van der Waals surface area contributed by atoms with E-state index in [4.69, 9.17) is 42.6 Å². The van der Waals surface area contributed by atoms with Crippen LogP contribution in [0.4, 0.5) is 0 Å². The minimum absolute atomic E-state index is 0.193. The molecule has 0 amide bonds. The van der Waals surface area contributed by atoms with Gasteiger partial charge in [0.15, 0.2) is 0 Å². The Morgan fingerprint density at radius 2 is 1.58 bits per heavy atom. The van der Waals surface area contributed by atoms with E-state index < -0.39 is 6.10 Å². The highest BCUT2D eigenvalue weighted by Crippen LogP contribution is 2.25. The van der Waals surface area contributed by atoms with E-state index in [1.807, 2.05) is 0 Å². The van der Waals surface area contributed by atoms with Crippen LogP contribution in [0.15, 0.2) is 0 Å². The van der Waals surface area contributed by atoms with E-state index in [0.29, 0.717) is 52.7 Å². The maximum atomic E-state index is 11.7. The zero-order valence-electron chi connectivity index (χ0n) is 20.8. The molecule has 0 spiro atoms. The Morgan fingerprint density at radius 1 is 0.879 bits per heavy atom. The molecule has 4 unspecified atom stereocenters. The Bertz CT molecular complexity index is 465. The summed E-state index contributed by atoms with van der Waals surface area (Å²) in [5.74, 6) is -0.193. The Balaban J connectivity index is 2.57. The number of carbonyl (C=O) groups is 1. The molecule has 1 fully saturated rings. The Labute approximate surface area is 198 Å². The van der Waals surface area contributed by atoms with Crippen LogP contribution in [0.5, 0.6) is 0 Å². The zero-order chi connectivity index (χ0) is 24.2. The minimum atomic E-state index is -0.399. The smallest absolute Gasteiger partial charge is 0.305 e. The van der Waals surface area contributed by atoms with Crippen molar-refractivity contribution in [2.24, 2.45) is 0 Å². The number of hydrogen-bond acceptors (Lipinski definition) is 10. The molecule has 1 aliphatic rings. The maximum absolute atomic E-state index is 11.7. The maximum Gasteiger partial charge on any atom is 0.305 e. The summed E-state index contributed by atoms with van der Waals surface area (Å²) in [5, 5.41) is 0. The van der Waals surface area contributed by atoms with Gasteiger partial charge in [-0.15, -0.1) is 0 Å². The van der Waals surface area contributed by atoms with E-state index in [1.165, 1.54) is 0 Å². The Morgan fingerprint density at radius 3 is 2.27 bits per heavy atom. The summed E-state index contributed by atoms with van der Waals surface area (Å²) in [6, 6.07) is 0. The highest BCUT2D eigenvalue weighted by atomic mass is 16.6. The summed E-state index contributed by atoms with van der Waals surface area (Å²) in [6.45, 7) is 5.85. The van der Waals surface area contributed by atoms with E-state index in [2.05, 4.69) is 6.92 Å².